The van der Waals surface area contributed by atoms with Crippen LogP contribution < -0.4 is 9.80 Å². The van der Waals surface area contributed by atoms with E-state index in [1.54, 1.807) is 0 Å². The normalized spacial score (nSPS) is 10.2. The molecule has 0 saturated heterocycles. The van der Waals surface area contributed by atoms with Gasteiger partial charge in [-0.25, -0.2) is 0 Å². The van der Waals surface area contributed by atoms with Crippen LogP contribution in [-0.2, 0) is 0 Å². The average molecular weight is 240 g/mol. The molecule has 0 N–H and O–H groups in total. The van der Waals surface area contributed by atoms with Crippen LogP contribution >= 0.6 is 0 Å². The van der Waals surface area contributed by atoms with Gasteiger partial charge in [-0.1, -0.05) is 17.7 Å². The van der Waals surface area contributed by atoms with Crippen molar-refractivity contribution in [3.8, 4) is 0 Å². The van der Waals surface area contributed by atoms with E-state index in [-0.39, 0.29) is 0 Å². The van der Waals surface area contributed by atoms with E-state index in [9.17, 15) is 0 Å². The van der Waals surface area contributed by atoms with Gasteiger partial charge in [0.15, 0.2) is 0 Å². The molecular weight excluding hydrogens is 220 g/mol. The maximum atomic E-state index is 2.19. The summed E-state index contributed by atoms with van der Waals surface area (Å²) >= 11 is 0. The lowest BCUT2D eigenvalue weighted by Gasteiger charge is -2.21. The second kappa shape index (κ2) is 5.13. The van der Waals surface area contributed by atoms with Crippen molar-refractivity contribution in [1.82, 2.24) is 0 Å². The van der Waals surface area contributed by atoms with Gasteiger partial charge in [-0.3, -0.25) is 0 Å². The number of aryl methyl sites for hydroxylation is 1. The summed E-state index contributed by atoms with van der Waals surface area (Å²) in [5, 5.41) is 0. The first kappa shape index (κ1) is 12.5. The maximum absolute atomic E-state index is 2.19. The van der Waals surface area contributed by atoms with Gasteiger partial charge >= 0.3 is 0 Å². The highest BCUT2D eigenvalue weighted by Crippen LogP contribution is 2.25. The van der Waals surface area contributed by atoms with E-state index in [0.717, 1.165) is 0 Å². The summed E-state index contributed by atoms with van der Waals surface area (Å²) in [5.41, 5.74) is 4.91. The Morgan fingerprint density at radius 1 is 0.611 bits per heavy atom. The lowest BCUT2D eigenvalue weighted by atomic mass is 10.2. The summed E-state index contributed by atoms with van der Waals surface area (Å²) in [5.74, 6) is 0. The molecule has 0 radical (unpaired) electrons. The fourth-order valence-corrected chi connectivity index (χ4v) is 1.89. The van der Waals surface area contributed by atoms with Gasteiger partial charge < -0.3 is 9.80 Å². The first-order valence-electron chi connectivity index (χ1n) is 6.16. The van der Waals surface area contributed by atoms with E-state index in [0.29, 0.717) is 0 Å². The molecule has 0 amide bonds. The Morgan fingerprint density at radius 2 is 1.00 bits per heavy atom. The second-order valence-electron chi connectivity index (χ2n) is 4.81. The predicted molar refractivity (Wildman–Crippen MR) is 80.0 cm³/mol. The molecule has 0 aromatic heterocycles. The van der Waals surface area contributed by atoms with Crippen molar-refractivity contribution >= 4 is 17.1 Å². The van der Waals surface area contributed by atoms with Crippen LogP contribution in [0, 0.1) is 6.92 Å². The third-order valence-electron chi connectivity index (χ3n) is 3.17. The zero-order valence-electron chi connectivity index (χ0n) is 11.5. The van der Waals surface area contributed by atoms with Gasteiger partial charge in [0.2, 0.25) is 0 Å². The number of rotatable bonds is 3. The van der Waals surface area contributed by atoms with E-state index in [1.165, 1.54) is 22.6 Å². The Balaban J connectivity index is 2.23. The van der Waals surface area contributed by atoms with Crippen molar-refractivity contribution in [2.45, 2.75) is 6.92 Å². The molecule has 0 aliphatic rings. The van der Waals surface area contributed by atoms with Crippen LogP contribution in [0.1, 0.15) is 5.56 Å². The lowest BCUT2D eigenvalue weighted by molar-refractivity contribution is 1.13. The molecule has 0 heterocycles. The van der Waals surface area contributed by atoms with E-state index < -0.39 is 0 Å². The van der Waals surface area contributed by atoms with Crippen molar-refractivity contribution in [3.05, 3.63) is 54.1 Å². The smallest absolute Gasteiger partial charge is 0.0409 e. The lowest BCUT2D eigenvalue weighted by Crippen LogP contribution is -2.11. The number of hydrogen-bond acceptors (Lipinski definition) is 2. The molecule has 2 aromatic carbocycles. The second-order valence-corrected chi connectivity index (χ2v) is 4.81. The molecule has 0 spiro atoms. The Morgan fingerprint density at radius 3 is 1.44 bits per heavy atom. The molecule has 0 aliphatic heterocycles. The molecule has 18 heavy (non-hydrogen) atoms. The van der Waals surface area contributed by atoms with E-state index in [1.807, 2.05) is 0 Å². The topological polar surface area (TPSA) is 6.48 Å². The van der Waals surface area contributed by atoms with Crippen LogP contribution in [-0.4, -0.2) is 21.1 Å². The summed E-state index contributed by atoms with van der Waals surface area (Å²) in [7, 11) is 6.20. The van der Waals surface area contributed by atoms with Crippen LogP contribution in [0.4, 0.5) is 17.1 Å². The first-order chi connectivity index (χ1) is 8.58. The molecule has 0 aliphatic carbocycles. The van der Waals surface area contributed by atoms with Gasteiger partial charge in [-0.15, -0.1) is 0 Å². The van der Waals surface area contributed by atoms with Crippen LogP contribution in [0.25, 0.3) is 0 Å². The van der Waals surface area contributed by atoms with Crippen molar-refractivity contribution in [1.29, 1.82) is 0 Å². The van der Waals surface area contributed by atoms with Crippen LogP contribution in [0.5, 0.6) is 0 Å². The minimum Gasteiger partial charge on any atom is -0.378 e. The van der Waals surface area contributed by atoms with Crippen LogP contribution in [0.3, 0.4) is 0 Å². The van der Waals surface area contributed by atoms with Gasteiger partial charge in [0.25, 0.3) is 0 Å². The Labute approximate surface area is 109 Å². The minimum absolute atomic E-state index is 1.20. The molecule has 0 saturated carbocycles. The zero-order chi connectivity index (χ0) is 13.1. The van der Waals surface area contributed by atoms with Crippen molar-refractivity contribution in [2.75, 3.05) is 30.9 Å². The van der Waals surface area contributed by atoms with Gasteiger partial charge in [0.1, 0.15) is 0 Å². The molecule has 2 heteroatoms. The molecule has 0 atom stereocenters. The van der Waals surface area contributed by atoms with E-state index in [2.05, 4.69) is 86.4 Å². The molecule has 2 nitrogen and oxygen atoms in total. The fourth-order valence-electron chi connectivity index (χ4n) is 1.89. The molecular formula is C16H20N2. The predicted octanol–water partition coefficient (Wildman–Crippen LogP) is 3.83. The van der Waals surface area contributed by atoms with E-state index in [4.69, 9.17) is 0 Å². The summed E-state index contributed by atoms with van der Waals surface area (Å²) in [6.07, 6.45) is 0. The number of anilines is 3. The Hall–Kier alpha value is -1.96. The highest BCUT2D eigenvalue weighted by molar-refractivity contribution is 5.65. The molecule has 2 rings (SSSR count). The fraction of sp³-hybridized carbons (Fsp3) is 0.250. The highest BCUT2D eigenvalue weighted by atomic mass is 15.1. The minimum atomic E-state index is 1.20. The quantitative estimate of drug-likeness (QED) is 0.804. The first-order valence-corrected chi connectivity index (χ1v) is 6.16. The largest absolute Gasteiger partial charge is 0.378 e. The van der Waals surface area contributed by atoms with Gasteiger partial charge in [0, 0.05) is 38.2 Å². The maximum Gasteiger partial charge on any atom is 0.0409 e. The SMILES string of the molecule is Cc1ccc(N(C)c2ccc(N(C)C)cc2)cc1. The number of hydrogen-bond donors (Lipinski definition) is 0. The van der Waals surface area contributed by atoms with Gasteiger partial charge in [-0.05, 0) is 43.3 Å². The van der Waals surface area contributed by atoms with Crippen molar-refractivity contribution in [2.24, 2.45) is 0 Å². The molecule has 2 aromatic rings. The Bertz CT molecular complexity index is 498. The summed E-state index contributed by atoms with van der Waals surface area (Å²) < 4.78 is 0. The summed E-state index contributed by atoms with van der Waals surface area (Å²) in [4.78, 5) is 4.30. The number of nitrogens with zero attached hydrogens (tertiary/aromatic N) is 2. The third kappa shape index (κ3) is 2.65. The molecule has 0 fully saturated rings. The van der Waals surface area contributed by atoms with Crippen LogP contribution in [0.15, 0.2) is 48.5 Å². The van der Waals surface area contributed by atoms with Crippen LogP contribution in [0.2, 0.25) is 0 Å². The van der Waals surface area contributed by atoms with Gasteiger partial charge in [-0.2, -0.15) is 0 Å². The van der Waals surface area contributed by atoms with Crippen molar-refractivity contribution in [3.63, 3.8) is 0 Å². The molecule has 0 unspecified atom stereocenters. The van der Waals surface area contributed by atoms with E-state index >= 15 is 0 Å². The average Bonchev–Trinajstić information content (AvgIpc) is 2.39. The van der Waals surface area contributed by atoms with Crippen molar-refractivity contribution < 1.29 is 0 Å². The third-order valence-corrected chi connectivity index (χ3v) is 3.17. The Kier molecular flexibility index (Phi) is 3.56. The zero-order valence-corrected chi connectivity index (χ0v) is 11.5. The highest BCUT2D eigenvalue weighted by Gasteiger charge is 2.03. The molecule has 94 valence electrons. The summed E-state index contributed by atoms with van der Waals surface area (Å²) in [6, 6.07) is 17.1. The monoisotopic (exact) mass is 240 g/mol. The molecule has 0 bridgehead atoms. The number of benzene rings is 2. The van der Waals surface area contributed by atoms with Gasteiger partial charge in [0.05, 0.1) is 0 Å². The standard InChI is InChI=1S/C16H20N2/c1-13-5-7-15(8-6-13)18(4)16-11-9-14(10-12-16)17(2)3/h5-12H,1-4H3. The summed E-state index contributed by atoms with van der Waals surface area (Å²) in [6.45, 7) is 2.11.